The van der Waals surface area contributed by atoms with Crippen molar-refractivity contribution in [2.24, 2.45) is 5.92 Å². The Balaban J connectivity index is 1.11. The maximum absolute atomic E-state index is 12.7. The van der Waals surface area contributed by atoms with E-state index in [1.165, 1.54) is 24.5 Å². The Hall–Kier alpha value is -3.65. The predicted molar refractivity (Wildman–Crippen MR) is 130 cm³/mol. The number of carbonyl (C=O) groups is 1. The minimum atomic E-state index is -0.298. The fourth-order valence-electron chi connectivity index (χ4n) is 4.37. The van der Waals surface area contributed by atoms with Crippen LogP contribution in [0.4, 0.5) is 11.5 Å². The lowest BCUT2D eigenvalue weighted by molar-refractivity contribution is -0.117. The Bertz CT molecular complexity index is 1460. The van der Waals surface area contributed by atoms with Crippen molar-refractivity contribution in [2.75, 3.05) is 10.6 Å². The van der Waals surface area contributed by atoms with Gasteiger partial charge in [-0.25, -0.2) is 4.98 Å². The number of aromatic nitrogens is 4. The highest BCUT2D eigenvalue weighted by atomic mass is 35.5. The smallest absolute Gasteiger partial charge is 0.251 e. The molecular formula is C25H23ClN6O2. The molecule has 4 heterocycles. The molecule has 172 valence electrons. The number of aromatic amines is 1. The van der Waals surface area contributed by atoms with Gasteiger partial charge in [-0.2, -0.15) is 0 Å². The first-order valence-electron chi connectivity index (χ1n) is 11.4. The van der Waals surface area contributed by atoms with E-state index in [9.17, 15) is 9.59 Å². The van der Waals surface area contributed by atoms with Crippen LogP contribution in [0.15, 0.2) is 59.8 Å². The third-order valence-corrected chi connectivity index (χ3v) is 6.63. The number of anilines is 2. The molecule has 2 saturated carbocycles. The summed E-state index contributed by atoms with van der Waals surface area (Å²) in [7, 11) is 0. The van der Waals surface area contributed by atoms with E-state index < -0.39 is 0 Å². The lowest BCUT2D eigenvalue weighted by Gasteiger charge is -2.08. The average molecular weight is 475 g/mol. The molecule has 34 heavy (non-hydrogen) atoms. The average Bonchev–Trinajstić information content (AvgIpc) is 3.73. The third-order valence-electron chi connectivity index (χ3n) is 6.40. The van der Waals surface area contributed by atoms with Crippen LogP contribution in [0.3, 0.4) is 0 Å². The van der Waals surface area contributed by atoms with Crippen molar-refractivity contribution in [3.63, 3.8) is 0 Å². The van der Waals surface area contributed by atoms with Gasteiger partial charge in [-0.05, 0) is 48.9 Å². The third kappa shape index (κ3) is 4.41. The SMILES string of the molecule is O=C(Nc1cc(NCc2cn3cc(C4CC4)ccc3n2)cc(=O)[nH]1)C1CC1c1cc(Cl)ccn1. The summed E-state index contributed by atoms with van der Waals surface area (Å²) < 4.78 is 2.05. The molecule has 0 saturated heterocycles. The van der Waals surface area contributed by atoms with E-state index in [0.717, 1.165) is 17.0 Å². The van der Waals surface area contributed by atoms with Crippen molar-refractivity contribution >= 4 is 34.7 Å². The molecule has 2 aliphatic rings. The maximum atomic E-state index is 12.7. The van der Waals surface area contributed by atoms with Crippen LogP contribution < -0.4 is 16.2 Å². The largest absolute Gasteiger partial charge is 0.379 e. The summed E-state index contributed by atoms with van der Waals surface area (Å²) in [6, 6.07) is 10.9. The molecule has 1 amide bonds. The van der Waals surface area contributed by atoms with Gasteiger partial charge < -0.3 is 20.0 Å². The minimum Gasteiger partial charge on any atom is -0.379 e. The number of rotatable bonds is 7. The molecule has 4 aromatic heterocycles. The van der Waals surface area contributed by atoms with Crippen LogP contribution in [0, 0.1) is 5.92 Å². The number of amides is 1. The summed E-state index contributed by atoms with van der Waals surface area (Å²) in [4.78, 5) is 36.5. The van der Waals surface area contributed by atoms with Gasteiger partial charge in [0, 0.05) is 59.0 Å². The number of nitrogens with zero attached hydrogens (tertiary/aromatic N) is 3. The molecule has 2 atom stereocenters. The molecule has 0 spiro atoms. The first-order valence-corrected chi connectivity index (χ1v) is 11.8. The van der Waals surface area contributed by atoms with Gasteiger partial charge in [0.1, 0.15) is 11.5 Å². The van der Waals surface area contributed by atoms with E-state index in [1.807, 2.05) is 12.3 Å². The monoisotopic (exact) mass is 474 g/mol. The molecule has 0 bridgehead atoms. The number of hydrogen-bond donors (Lipinski definition) is 3. The molecule has 3 N–H and O–H groups in total. The number of carbonyl (C=O) groups excluding carboxylic acids is 1. The fourth-order valence-corrected chi connectivity index (χ4v) is 4.54. The van der Waals surface area contributed by atoms with E-state index in [2.05, 4.69) is 42.2 Å². The quantitative estimate of drug-likeness (QED) is 0.370. The van der Waals surface area contributed by atoms with Gasteiger partial charge in [0.2, 0.25) is 5.91 Å². The number of fused-ring (bicyclic) bond motifs is 1. The van der Waals surface area contributed by atoms with Crippen LogP contribution in [0.25, 0.3) is 5.65 Å². The van der Waals surface area contributed by atoms with Gasteiger partial charge in [-0.15, -0.1) is 0 Å². The van der Waals surface area contributed by atoms with Crippen LogP contribution in [-0.4, -0.2) is 25.3 Å². The Morgan fingerprint density at radius 3 is 2.88 bits per heavy atom. The highest BCUT2D eigenvalue weighted by molar-refractivity contribution is 6.30. The molecule has 2 aliphatic carbocycles. The molecule has 9 heteroatoms. The van der Waals surface area contributed by atoms with E-state index in [1.54, 1.807) is 24.4 Å². The topological polar surface area (TPSA) is 104 Å². The standard InChI is InChI=1S/C25H23ClN6O2/c26-16-5-6-27-21(7-16)19-10-20(19)25(34)31-22-8-17(9-24(33)30-22)28-11-18-13-32-12-15(14-1-2-14)3-4-23(32)29-18/h3-9,12-14,19-20H,1-2,10-11H2,(H3,28,30,31,33,34). The van der Waals surface area contributed by atoms with Crippen LogP contribution >= 0.6 is 11.6 Å². The van der Waals surface area contributed by atoms with Crippen molar-refractivity contribution in [3.05, 3.63) is 87.3 Å². The van der Waals surface area contributed by atoms with E-state index in [-0.39, 0.29) is 23.3 Å². The van der Waals surface area contributed by atoms with Crippen molar-refractivity contribution in [2.45, 2.75) is 37.6 Å². The molecule has 0 aliphatic heterocycles. The zero-order valence-corrected chi connectivity index (χ0v) is 19.0. The van der Waals surface area contributed by atoms with Gasteiger partial charge in [0.15, 0.2) is 0 Å². The number of hydrogen-bond acceptors (Lipinski definition) is 5. The summed E-state index contributed by atoms with van der Waals surface area (Å²) in [5.41, 5.74) is 4.24. The van der Waals surface area contributed by atoms with E-state index >= 15 is 0 Å². The predicted octanol–water partition coefficient (Wildman–Crippen LogP) is 4.30. The lowest BCUT2D eigenvalue weighted by atomic mass is 10.2. The van der Waals surface area contributed by atoms with Gasteiger partial charge in [-0.3, -0.25) is 14.6 Å². The van der Waals surface area contributed by atoms with E-state index in [4.69, 9.17) is 11.6 Å². The zero-order chi connectivity index (χ0) is 23.2. The van der Waals surface area contributed by atoms with Gasteiger partial charge in [0.05, 0.1) is 12.2 Å². The molecule has 8 nitrogen and oxygen atoms in total. The summed E-state index contributed by atoms with van der Waals surface area (Å²) in [5, 5.41) is 6.67. The van der Waals surface area contributed by atoms with Gasteiger partial charge >= 0.3 is 0 Å². The first kappa shape index (κ1) is 20.9. The number of halogens is 1. The van der Waals surface area contributed by atoms with Crippen LogP contribution in [-0.2, 0) is 11.3 Å². The van der Waals surface area contributed by atoms with Crippen molar-refractivity contribution in [1.29, 1.82) is 0 Å². The summed E-state index contributed by atoms with van der Waals surface area (Å²) in [5.74, 6) is 0.748. The summed E-state index contributed by atoms with van der Waals surface area (Å²) in [6.07, 6.45) is 9.02. The summed E-state index contributed by atoms with van der Waals surface area (Å²) >= 11 is 6.03. The molecule has 0 radical (unpaired) electrons. The number of H-pyrrole nitrogens is 1. The Kier molecular flexibility index (Phi) is 5.10. The number of imidazole rings is 1. The highest BCUT2D eigenvalue weighted by Crippen LogP contribution is 2.47. The normalized spacial score (nSPS) is 19.2. The second-order valence-corrected chi connectivity index (χ2v) is 9.51. The van der Waals surface area contributed by atoms with Crippen molar-refractivity contribution in [3.8, 4) is 0 Å². The minimum absolute atomic E-state index is 0.0437. The Morgan fingerprint density at radius 1 is 1.18 bits per heavy atom. The Labute approximate surface area is 200 Å². The zero-order valence-electron chi connectivity index (χ0n) is 18.3. The second-order valence-electron chi connectivity index (χ2n) is 9.07. The van der Waals surface area contributed by atoms with Crippen molar-refractivity contribution in [1.82, 2.24) is 19.4 Å². The summed E-state index contributed by atoms with van der Waals surface area (Å²) in [6.45, 7) is 0.461. The van der Waals surface area contributed by atoms with Crippen molar-refractivity contribution < 1.29 is 4.79 Å². The molecule has 2 fully saturated rings. The molecule has 0 aromatic carbocycles. The first-order chi connectivity index (χ1) is 16.5. The number of pyridine rings is 3. The second kappa shape index (κ2) is 8.29. The highest BCUT2D eigenvalue weighted by Gasteiger charge is 2.45. The Morgan fingerprint density at radius 2 is 2.06 bits per heavy atom. The molecule has 6 rings (SSSR count). The van der Waals surface area contributed by atoms with Crippen LogP contribution in [0.2, 0.25) is 5.02 Å². The maximum Gasteiger partial charge on any atom is 0.251 e. The van der Waals surface area contributed by atoms with Gasteiger partial charge in [0.25, 0.3) is 5.56 Å². The van der Waals surface area contributed by atoms with Crippen LogP contribution in [0.5, 0.6) is 0 Å². The molecular weight excluding hydrogens is 452 g/mol. The molecule has 4 aromatic rings. The molecule has 2 unspecified atom stereocenters. The fraction of sp³-hybridized carbons (Fsp3) is 0.280. The van der Waals surface area contributed by atoms with Crippen LogP contribution in [0.1, 0.15) is 48.0 Å². The van der Waals surface area contributed by atoms with Gasteiger partial charge in [-0.1, -0.05) is 17.7 Å². The lowest BCUT2D eigenvalue weighted by Crippen LogP contribution is -2.19. The number of nitrogens with one attached hydrogen (secondary N) is 3. The van der Waals surface area contributed by atoms with E-state index in [0.29, 0.717) is 35.4 Å².